The minimum atomic E-state index is -0.0817. The van der Waals surface area contributed by atoms with Gasteiger partial charge in [-0.2, -0.15) is 5.10 Å². The molecule has 2 aromatic rings. The number of aromatic nitrogens is 2. The third-order valence-electron chi connectivity index (χ3n) is 5.83. The fourth-order valence-electron chi connectivity index (χ4n) is 4.08. The summed E-state index contributed by atoms with van der Waals surface area (Å²) in [5, 5.41) is 11.0. The molecule has 7 heteroatoms. The number of benzene rings is 1. The van der Waals surface area contributed by atoms with Crippen LogP contribution in [-0.2, 0) is 13.0 Å². The topological polar surface area (TPSA) is 62.2 Å². The molecule has 1 aromatic heterocycles. The Morgan fingerprint density at radius 2 is 2.14 bits per heavy atom. The van der Waals surface area contributed by atoms with Crippen LogP contribution in [-0.4, -0.2) is 52.8 Å². The largest absolute Gasteiger partial charge is 0.349 e. The molecule has 0 aliphatic carbocycles. The Bertz CT molecular complexity index is 787. The molecule has 0 spiro atoms. The van der Waals surface area contributed by atoms with Gasteiger partial charge < -0.3 is 10.6 Å². The predicted octanol–water partition coefficient (Wildman–Crippen LogP) is 2.41. The summed E-state index contributed by atoms with van der Waals surface area (Å²) in [7, 11) is 0. The van der Waals surface area contributed by atoms with Gasteiger partial charge in [-0.25, -0.2) is 0 Å². The summed E-state index contributed by atoms with van der Waals surface area (Å²) in [4.78, 5) is 14.9. The van der Waals surface area contributed by atoms with Gasteiger partial charge in [0, 0.05) is 38.4 Å². The summed E-state index contributed by atoms with van der Waals surface area (Å²) < 4.78 is 1.94. The summed E-state index contributed by atoms with van der Waals surface area (Å²) >= 11 is 0. The highest BCUT2D eigenvalue weighted by molar-refractivity contribution is 5.92. The van der Waals surface area contributed by atoms with Gasteiger partial charge >= 0.3 is 0 Å². The van der Waals surface area contributed by atoms with Gasteiger partial charge in [0.15, 0.2) is 0 Å². The summed E-state index contributed by atoms with van der Waals surface area (Å²) in [5.41, 5.74) is 3.37. The van der Waals surface area contributed by atoms with Crippen LogP contribution in [0.4, 0.5) is 0 Å². The molecule has 152 valence electrons. The molecule has 1 saturated heterocycles. The normalized spacial score (nSPS) is 20.7. The number of rotatable bonds is 5. The first-order valence-corrected chi connectivity index (χ1v) is 10.1. The highest BCUT2D eigenvalue weighted by Gasteiger charge is 2.22. The van der Waals surface area contributed by atoms with Crippen LogP contribution >= 0.6 is 12.4 Å². The molecule has 2 aliphatic heterocycles. The van der Waals surface area contributed by atoms with E-state index in [-0.39, 0.29) is 18.3 Å². The number of hydrogen-bond acceptors (Lipinski definition) is 4. The molecule has 2 N–H and O–H groups in total. The average molecular weight is 404 g/mol. The first kappa shape index (κ1) is 20.8. The second kappa shape index (κ2) is 9.54. The van der Waals surface area contributed by atoms with E-state index in [1.807, 2.05) is 16.9 Å². The minimum absolute atomic E-state index is 0. The van der Waals surface area contributed by atoms with Crippen molar-refractivity contribution >= 4 is 18.3 Å². The standard InChI is InChI=1S/C21H29N5O.ClH/c1-16(25-11-8-17-5-2-3-6-18(17)15-25)13-23-21(27)20-9-12-26(24-20)19-7-4-10-22-14-19;/h2-3,5-6,9,12,16,19,22H,4,7-8,10-11,13-15H2,1H3,(H,23,27);1H. The van der Waals surface area contributed by atoms with Crippen molar-refractivity contribution in [3.05, 3.63) is 53.3 Å². The van der Waals surface area contributed by atoms with Gasteiger partial charge in [0.25, 0.3) is 5.91 Å². The van der Waals surface area contributed by atoms with E-state index in [1.54, 1.807) is 0 Å². The number of fused-ring (bicyclic) bond motifs is 1. The number of halogens is 1. The molecule has 6 nitrogen and oxygen atoms in total. The number of nitrogens with one attached hydrogen (secondary N) is 2. The van der Waals surface area contributed by atoms with Crippen LogP contribution in [0.1, 0.15) is 47.4 Å². The molecular formula is C21H30ClN5O. The van der Waals surface area contributed by atoms with Gasteiger partial charge in [0.2, 0.25) is 0 Å². The van der Waals surface area contributed by atoms with Gasteiger partial charge in [-0.15, -0.1) is 12.4 Å². The van der Waals surface area contributed by atoms with Gasteiger partial charge in [-0.3, -0.25) is 14.4 Å². The maximum atomic E-state index is 12.5. The van der Waals surface area contributed by atoms with E-state index in [9.17, 15) is 4.79 Å². The SMILES string of the molecule is CC(CNC(=O)c1ccn(C2CCCNC2)n1)N1CCc2ccccc2C1.Cl. The zero-order chi connectivity index (χ0) is 18.6. The Balaban J connectivity index is 0.00000225. The molecule has 1 amide bonds. The van der Waals surface area contributed by atoms with E-state index in [0.717, 1.165) is 45.4 Å². The third-order valence-corrected chi connectivity index (χ3v) is 5.83. The molecule has 2 unspecified atom stereocenters. The number of hydrogen-bond donors (Lipinski definition) is 2. The third kappa shape index (κ3) is 4.74. The molecule has 1 fully saturated rings. The van der Waals surface area contributed by atoms with Gasteiger partial charge in [-0.1, -0.05) is 24.3 Å². The molecular weight excluding hydrogens is 374 g/mol. The van der Waals surface area contributed by atoms with E-state index >= 15 is 0 Å². The highest BCUT2D eigenvalue weighted by atomic mass is 35.5. The van der Waals surface area contributed by atoms with Crippen molar-refractivity contribution in [1.82, 2.24) is 25.3 Å². The van der Waals surface area contributed by atoms with Crippen LogP contribution in [0.3, 0.4) is 0 Å². The van der Waals surface area contributed by atoms with Crippen LogP contribution in [0.25, 0.3) is 0 Å². The molecule has 0 bridgehead atoms. The summed E-state index contributed by atoms with van der Waals surface area (Å²) in [6, 6.07) is 11.1. The molecule has 0 saturated carbocycles. The fraction of sp³-hybridized carbons (Fsp3) is 0.524. The Labute approximate surface area is 173 Å². The van der Waals surface area contributed by atoms with Crippen LogP contribution < -0.4 is 10.6 Å². The second-order valence-corrected chi connectivity index (χ2v) is 7.73. The highest BCUT2D eigenvalue weighted by Crippen LogP contribution is 2.20. The Hall–Kier alpha value is -1.89. The van der Waals surface area contributed by atoms with Crippen molar-refractivity contribution < 1.29 is 4.79 Å². The van der Waals surface area contributed by atoms with Crippen LogP contribution in [0.2, 0.25) is 0 Å². The number of piperidine rings is 1. The number of carbonyl (C=O) groups is 1. The number of nitrogens with zero attached hydrogens (tertiary/aromatic N) is 3. The molecule has 4 rings (SSSR count). The lowest BCUT2D eigenvalue weighted by Crippen LogP contribution is -2.44. The maximum Gasteiger partial charge on any atom is 0.271 e. The van der Waals surface area contributed by atoms with Crippen molar-refractivity contribution in [3.8, 4) is 0 Å². The van der Waals surface area contributed by atoms with E-state index < -0.39 is 0 Å². The molecule has 28 heavy (non-hydrogen) atoms. The second-order valence-electron chi connectivity index (χ2n) is 7.73. The smallest absolute Gasteiger partial charge is 0.271 e. The zero-order valence-electron chi connectivity index (χ0n) is 16.4. The fourth-order valence-corrected chi connectivity index (χ4v) is 4.08. The molecule has 1 aromatic carbocycles. The van der Waals surface area contributed by atoms with Crippen molar-refractivity contribution in [2.24, 2.45) is 0 Å². The van der Waals surface area contributed by atoms with Crippen LogP contribution in [0.5, 0.6) is 0 Å². The van der Waals surface area contributed by atoms with Gasteiger partial charge in [0.05, 0.1) is 6.04 Å². The maximum absolute atomic E-state index is 12.5. The van der Waals surface area contributed by atoms with E-state index in [0.29, 0.717) is 24.3 Å². The lowest BCUT2D eigenvalue weighted by molar-refractivity contribution is 0.0926. The molecule has 2 aliphatic rings. The first-order chi connectivity index (χ1) is 13.2. The van der Waals surface area contributed by atoms with E-state index in [1.165, 1.54) is 11.1 Å². The summed E-state index contributed by atoms with van der Waals surface area (Å²) in [6.45, 7) is 6.81. The first-order valence-electron chi connectivity index (χ1n) is 10.1. The van der Waals surface area contributed by atoms with Crippen LogP contribution in [0, 0.1) is 0 Å². The Morgan fingerprint density at radius 3 is 2.93 bits per heavy atom. The van der Waals surface area contributed by atoms with Gasteiger partial charge in [-0.05, 0) is 49.9 Å². The lowest BCUT2D eigenvalue weighted by Gasteiger charge is -2.33. The average Bonchev–Trinajstić information content (AvgIpc) is 3.22. The van der Waals surface area contributed by atoms with Crippen molar-refractivity contribution in [2.45, 2.75) is 44.8 Å². The summed E-state index contributed by atoms with van der Waals surface area (Å²) in [6.07, 6.45) is 5.28. The molecule has 2 atom stereocenters. The van der Waals surface area contributed by atoms with Gasteiger partial charge in [0.1, 0.15) is 5.69 Å². The lowest BCUT2D eigenvalue weighted by atomic mass is 9.99. The van der Waals surface area contributed by atoms with Crippen molar-refractivity contribution in [1.29, 1.82) is 0 Å². The van der Waals surface area contributed by atoms with E-state index in [2.05, 4.69) is 51.8 Å². The van der Waals surface area contributed by atoms with E-state index in [4.69, 9.17) is 0 Å². The Morgan fingerprint density at radius 1 is 1.32 bits per heavy atom. The van der Waals surface area contributed by atoms with Crippen LogP contribution in [0.15, 0.2) is 36.5 Å². The monoisotopic (exact) mass is 403 g/mol. The number of amides is 1. The van der Waals surface area contributed by atoms with Crippen molar-refractivity contribution in [2.75, 3.05) is 26.2 Å². The molecule has 0 radical (unpaired) electrons. The number of carbonyl (C=O) groups excluding carboxylic acids is 1. The van der Waals surface area contributed by atoms with Crippen molar-refractivity contribution in [3.63, 3.8) is 0 Å². The minimum Gasteiger partial charge on any atom is -0.349 e. The predicted molar refractivity (Wildman–Crippen MR) is 113 cm³/mol. The quantitative estimate of drug-likeness (QED) is 0.804. The Kier molecular flexibility index (Phi) is 7.10. The summed E-state index contributed by atoms with van der Waals surface area (Å²) in [5.74, 6) is -0.0817. The zero-order valence-corrected chi connectivity index (χ0v) is 17.3. The molecule has 3 heterocycles.